The van der Waals surface area contributed by atoms with Crippen molar-refractivity contribution in [1.82, 2.24) is 9.88 Å². The number of hydrogen-bond acceptors (Lipinski definition) is 6. The molecule has 1 atom stereocenters. The monoisotopic (exact) mass is 467 g/mol. The Balaban J connectivity index is 1.70. The molecular formula is C24H25N3O5S. The standard InChI is InChI=1S/C24H25N3O5S/c1-3-32-17-8-7-16(14-18(17)31-2)21-20(22(28)19-6-4-13-33-19)23(29)24(30)27(21)11-5-10-26-12-9-25-15-26/h4,6-9,12-15,21H,3,5,10-11H2,1-2H3,(H,28,29). The molecule has 9 heteroatoms. The van der Waals surface area contributed by atoms with Crippen LogP contribution in [0.2, 0.25) is 0 Å². The van der Waals surface area contributed by atoms with Gasteiger partial charge < -0.3 is 19.5 Å². The van der Waals surface area contributed by atoms with Gasteiger partial charge in [-0.25, -0.2) is 4.57 Å². The molecule has 0 saturated carbocycles. The summed E-state index contributed by atoms with van der Waals surface area (Å²) < 4.78 is 13.0. The van der Waals surface area contributed by atoms with Gasteiger partial charge in [0.15, 0.2) is 11.5 Å². The fourth-order valence-electron chi connectivity index (χ4n) is 4.00. The Labute approximate surface area is 195 Å². The highest BCUT2D eigenvalue weighted by molar-refractivity contribution is 7.12. The number of imidazole rings is 1. The van der Waals surface area contributed by atoms with Crippen LogP contribution < -0.4 is 19.1 Å². The summed E-state index contributed by atoms with van der Waals surface area (Å²) in [5, 5.41) is 14.8. The summed E-state index contributed by atoms with van der Waals surface area (Å²) in [6.07, 6.45) is 6.14. The van der Waals surface area contributed by atoms with Crippen molar-refractivity contribution < 1.29 is 28.7 Å². The number of H-pyrrole nitrogens is 1. The molecule has 0 bridgehead atoms. The maximum atomic E-state index is 13.3. The number of carbonyl (C=O) groups is 2. The second kappa shape index (κ2) is 9.91. The molecule has 3 aromatic rings. The summed E-state index contributed by atoms with van der Waals surface area (Å²) in [7, 11) is 1.53. The number of ketones is 1. The molecule has 1 aromatic carbocycles. The van der Waals surface area contributed by atoms with Crippen LogP contribution in [0.4, 0.5) is 0 Å². The summed E-state index contributed by atoms with van der Waals surface area (Å²) in [4.78, 5) is 31.2. The van der Waals surface area contributed by atoms with Crippen molar-refractivity contribution >= 4 is 23.0 Å². The van der Waals surface area contributed by atoms with E-state index >= 15 is 0 Å². The number of aromatic nitrogens is 2. The van der Waals surface area contributed by atoms with E-state index in [1.807, 2.05) is 30.2 Å². The van der Waals surface area contributed by atoms with Crippen molar-refractivity contribution in [2.24, 2.45) is 0 Å². The highest BCUT2D eigenvalue weighted by atomic mass is 32.1. The number of thiophene rings is 1. The predicted octanol–water partition coefficient (Wildman–Crippen LogP) is 2.24. The average Bonchev–Trinajstić information content (AvgIpc) is 3.58. The number of carbonyl (C=O) groups excluding carboxylic acids is 2. The summed E-state index contributed by atoms with van der Waals surface area (Å²) in [5.41, 5.74) is 0.603. The second-order valence-corrected chi connectivity index (χ2v) is 8.44. The van der Waals surface area contributed by atoms with Crippen LogP contribution in [0.5, 0.6) is 11.5 Å². The summed E-state index contributed by atoms with van der Waals surface area (Å²) in [6.45, 7) is 3.32. The van der Waals surface area contributed by atoms with Gasteiger partial charge in [-0.05, 0) is 41.8 Å². The number of Topliss-reactive ketones (excluding diaryl/α,β-unsaturated/α-hetero) is 1. The number of aromatic amines is 1. The average molecular weight is 468 g/mol. The predicted molar refractivity (Wildman–Crippen MR) is 120 cm³/mol. The van der Waals surface area contributed by atoms with Crippen molar-refractivity contribution in [1.29, 1.82) is 0 Å². The maximum Gasteiger partial charge on any atom is 0.241 e. The molecule has 1 unspecified atom stereocenters. The number of benzene rings is 1. The van der Waals surface area contributed by atoms with Crippen LogP contribution in [0.25, 0.3) is 0 Å². The number of rotatable bonds is 10. The summed E-state index contributed by atoms with van der Waals surface area (Å²) in [5.74, 6) is -0.788. The summed E-state index contributed by atoms with van der Waals surface area (Å²) >= 11 is 1.25. The Hall–Kier alpha value is -3.59. The van der Waals surface area contributed by atoms with Gasteiger partial charge in [0, 0.05) is 18.5 Å². The van der Waals surface area contributed by atoms with E-state index in [4.69, 9.17) is 9.47 Å². The van der Waals surface area contributed by atoms with Crippen molar-refractivity contribution in [2.75, 3.05) is 20.3 Å². The first-order chi connectivity index (χ1) is 16.0. The minimum Gasteiger partial charge on any atom is -0.868 e. The number of ether oxygens (including phenoxy) is 2. The third-order valence-corrected chi connectivity index (χ3v) is 6.36. The van der Waals surface area contributed by atoms with Gasteiger partial charge >= 0.3 is 0 Å². The van der Waals surface area contributed by atoms with Gasteiger partial charge in [-0.2, -0.15) is 0 Å². The smallest absolute Gasteiger partial charge is 0.241 e. The van der Waals surface area contributed by atoms with Crippen molar-refractivity contribution in [3.05, 3.63) is 76.2 Å². The third-order valence-electron chi connectivity index (χ3n) is 5.50. The van der Waals surface area contributed by atoms with Gasteiger partial charge in [-0.15, -0.1) is 11.3 Å². The highest BCUT2D eigenvalue weighted by Gasteiger charge is 2.39. The lowest BCUT2D eigenvalue weighted by molar-refractivity contribution is -0.695. The van der Waals surface area contributed by atoms with Gasteiger partial charge in [0.05, 0.1) is 31.2 Å². The van der Waals surface area contributed by atoms with Crippen LogP contribution in [-0.2, 0) is 11.3 Å². The zero-order valence-corrected chi connectivity index (χ0v) is 19.3. The maximum absolute atomic E-state index is 13.3. The molecular weight excluding hydrogens is 442 g/mol. The van der Waals surface area contributed by atoms with Crippen molar-refractivity contribution in [3.8, 4) is 11.5 Å². The third kappa shape index (κ3) is 4.49. The SMILES string of the molecule is CCOc1ccc(C2C(C(=O)c3cccs3)=C([O-])C(=O)N2CCC[n+]2cc[nH]c2)cc1OC. The van der Waals surface area contributed by atoms with Gasteiger partial charge in [0.2, 0.25) is 18.0 Å². The molecule has 0 radical (unpaired) electrons. The van der Waals surface area contributed by atoms with Gasteiger partial charge in [-0.3, -0.25) is 14.6 Å². The normalized spacial score (nSPS) is 15.9. The Bertz CT molecular complexity index is 1150. The van der Waals surface area contributed by atoms with Crippen LogP contribution in [0, 0.1) is 0 Å². The minimum atomic E-state index is -0.791. The quantitative estimate of drug-likeness (QED) is 0.364. The lowest BCUT2D eigenvalue weighted by atomic mass is 9.95. The molecule has 4 rings (SSSR count). The van der Waals surface area contributed by atoms with Crippen molar-refractivity contribution in [2.45, 2.75) is 25.9 Å². The fraction of sp³-hybridized carbons (Fsp3) is 0.292. The molecule has 1 amide bonds. The summed E-state index contributed by atoms with van der Waals surface area (Å²) in [6, 6.07) is 7.88. The molecule has 0 aliphatic carbocycles. The second-order valence-electron chi connectivity index (χ2n) is 7.50. The zero-order chi connectivity index (χ0) is 23.4. The number of hydrogen-bond donors (Lipinski definition) is 1. The lowest BCUT2D eigenvalue weighted by Crippen LogP contribution is -2.37. The highest BCUT2D eigenvalue weighted by Crippen LogP contribution is 2.41. The first-order valence-corrected chi connectivity index (χ1v) is 11.6. The van der Waals surface area contributed by atoms with Crippen LogP contribution in [0.3, 0.4) is 0 Å². The topological polar surface area (TPSA) is 98.6 Å². The Morgan fingerprint density at radius 2 is 2.15 bits per heavy atom. The molecule has 33 heavy (non-hydrogen) atoms. The van der Waals surface area contributed by atoms with Gasteiger partial charge in [-0.1, -0.05) is 12.1 Å². The van der Waals surface area contributed by atoms with Gasteiger partial charge in [0.1, 0.15) is 12.4 Å². The lowest BCUT2D eigenvalue weighted by Gasteiger charge is -2.28. The Morgan fingerprint density at radius 1 is 1.30 bits per heavy atom. The molecule has 0 fully saturated rings. The first-order valence-electron chi connectivity index (χ1n) is 10.7. The van der Waals surface area contributed by atoms with Crippen LogP contribution in [-0.4, -0.2) is 41.8 Å². The molecule has 3 heterocycles. The molecule has 8 nitrogen and oxygen atoms in total. The molecule has 1 aliphatic rings. The molecule has 1 N–H and O–H groups in total. The minimum absolute atomic E-state index is 0.0250. The number of aryl methyl sites for hydroxylation is 1. The van der Waals surface area contributed by atoms with E-state index in [9.17, 15) is 14.7 Å². The Kier molecular flexibility index (Phi) is 6.79. The number of nitrogens with one attached hydrogen (secondary N) is 1. The molecule has 2 aromatic heterocycles. The van der Waals surface area contributed by atoms with Crippen LogP contribution in [0.1, 0.15) is 34.6 Å². The largest absolute Gasteiger partial charge is 0.868 e. The number of amides is 1. The Morgan fingerprint density at radius 3 is 2.82 bits per heavy atom. The van der Waals surface area contributed by atoms with E-state index in [0.717, 1.165) is 0 Å². The van der Waals surface area contributed by atoms with E-state index in [0.29, 0.717) is 48.1 Å². The number of methoxy groups -OCH3 is 1. The van der Waals surface area contributed by atoms with E-state index in [-0.39, 0.29) is 5.57 Å². The molecule has 0 spiro atoms. The number of nitrogens with zero attached hydrogens (tertiary/aromatic N) is 2. The fourth-order valence-corrected chi connectivity index (χ4v) is 4.68. The molecule has 172 valence electrons. The zero-order valence-electron chi connectivity index (χ0n) is 18.4. The van der Waals surface area contributed by atoms with E-state index in [2.05, 4.69) is 4.98 Å². The molecule has 1 aliphatic heterocycles. The van der Waals surface area contributed by atoms with E-state index < -0.39 is 23.5 Å². The van der Waals surface area contributed by atoms with Gasteiger partial charge in [0.25, 0.3) is 0 Å². The van der Waals surface area contributed by atoms with Crippen LogP contribution in [0.15, 0.2) is 65.8 Å². The first kappa shape index (κ1) is 22.6. The molecule has 0 saturated heterocycles. The van der Waals surface area contributed by atoms with E-state index in [1.54, 1.807) is 35.7 Å². The van der Waals surface area contributed by atoms with E-state index in [1.165, 1.54) is 23.3 Å². The van der Waals surface area contributed by atoms with Crippen LogP contribution >= 0.6 is 11.3 Å². The van der Waals surface area contributed by atoms with Crippen molar-refractivity contribution in [3.63, 3.8) is 0 Å².